The molecule has 0 amide bonds. The number of halogens is 1. The molecular weight excluding hydrogens is 190 g/mol. The minimum Gasteiger partial charge on any atom is -0.301 e. The van der Waals surface area contributed by atoms with Gasteiger partial charge in [0.2, 0.25) is 0 Å². The Bertz CT molecular complexity index is 85.7. The maximum atomic E-state index is 3.42. The average molecular weight is 208 g/mol. The first kappa shape index (κ1) is 10.4. The van der Waals surface area contributed by atoms with E-state index in [1.807, 2.05) is 0 Å². The SMILES string of the molecule is CN(CCCBr)C(C)(C)C. The quantitative estimate of drug-likeness (QED) is 0.644. The molecule has 0 saturated carbocycles. The van der Waals surface area contributed by atoms with Crippen LogP contribution in [-0.2, 0) is 0 Å². The molecule has 0 fully saturated rings. The van der Waals surface area contributed by atoms with E-state index in [0.717, 1.165) is 5.33 Å². The van der Waals surface area contributed by atoms with Crippen molar-refractivity contribution in [3.63, 3.8) is 0 Å². The molecule has 0 rings (SSSR count). The van der Waals surface area contributed by atoms with Gasteiger partial charge in [0.05, 0.1) is 0 Å². The molecule has 0 aliphatic carbocycles. The summed E-state index contributed by atoms with van der Waals surface area (Å²) in [6, 6.07) is 0. The molecule has 0 spiro atoms. The van der Waals surface area contributed by atoms with Crippen molar-refractivity contribution >= 4 is 15.9 Å². The molecule has 2 heteroatoms. The zero-order chi connectivity index (χ0) is 8.20. The summed E-state index contributed by atoms with van der Waals surface area (Å²) in [4.78, 5) is 2.37. The van der Waals surface area contributed by atoms with Crippen LogP contribution in [0.1, 0.15) is 27.2 Å². The zero-order valence-corrected chi connectivity index (χ0v) is 9.03. The molecule has 0 N–H and O–H groups in total. The Labute approximate surface area is 72.9 Å². The summed E-state index contributed by atoms with van der Waals surface area (Å²) in [7, 11) is 2.17. The van der Waals surface area contributed by atoms with Crippen LogP contribution in [0.2, 0.25) is 0 Å². The molecule has 0 aliphatic heterocycles. The van der Waals surface area contributed by atoms with Gasteiger partial charge in [-0.15, -0.1) is 0 Å². The Morgan fingerprint density at radius 3 is 2.10 bits per heavy atom. The summed E-state index contributed by atoms with van der Waals surface area (Å²) in [6.45, 7) is 7.89. The third-order valence-corrected chi connectivity index (χ3v) is 2.33. The van der Waals surface area contributed by atoms with E-state index in [4.69, 9.17) is 0 Å². The predicted molar refractivity (Wildman–Crippen MR) is 50.8 cm³/mol. The van der Waals surface area contributed by atoms with Gasteiger partial charge in [0.25, 0.3) is 0 Å². The Kier molecular flexibility index (Phi) is 4.54. The average Bonchev–Trinajstić information content (AvgIpc) is 1.80. The lowest BCUT2D eigenvalue weighted by Crippen LogP contribution is -2.38. The molecule has 10 heavy (non-hydrogen) atoms. The lowest BCUT2D eigenvalue weighted by molar-refractivity contribution is 0.177. The molecule has 0 aliphatic rings. The van der Waals surface area contributed by atoms with Crippen LogP contribution in [0.25, 0.3) is 0 Å². The molecule has 0 heterocycles. The minimum absolute atomic E-state index is 0.322. The highest BCUT2D eigenvalue weighted by atomic mass is 79.9. The van der Waals surface area contributed by atoms with Gasteiger partial charge in [-0.2, -0.15) is 0 Å². The molecule has 0 unspecified atom stereocenters. The Hall–Kier alpha value is 0.440. The number of hydrogen-bond acceptors (Lipinski definition) is 1. The summed E-state index contributed by atoms with van der Waals surface area (Å²) >= 11 is 3.42. The molecule has 0 aromatic heterocycles. The van der Waals surface area contributed by atoms with Crippen LogP contribution in [0, 0.1) is 0 Å². The van der Waals surface area contributed by atoms with Gasteiger partial charge in [-0.05, 0) is 40.8 Å². The first-order valence-electron chi connectivity index (χ1n) is 3.75. The molecule has 0 atom stereocenters. The molecule has 0 aromatic carbocycles. The van der Waals surface area contributed by atoms with E-state index in [0.29, 0.717) is 5.54 Å². The maximum Gasteiger partial charge on any atom is 0.0122 e. The molecule has 0 saturated heterocycles. The van der Waals surface area contributed by atoms with Crippen molar-refractivity contribution in [3.8, 4) is 0 Å². The van der Waals surface area contributed by atoms with Gasteiger partial charge in [0.1, 0.15) is 0 Å². The Balaban J connectivity index is 3.52. The van der Waals surface area contributed by atoms with E-state index in [-0.39, 0.29) is 0 Å². The van der Waals surface area contributed by atoms with Crippen LogP contribution in [0.15, 0.2) is 0 Å². The maximum absolute atomic E-state index is 3.42. The van der Waals surface area contributed by atoms with Crippen LogP contribution in [0.3, 0.4) is 0 Å². The fourth-order valence-electron chi connectivity index (χ4n) is 0.632. The highest BCUT2D eigenvalue weighted by Crippen LogP contribution is 2.10. The van der Waals surface area contributed by atoms with E-state index in [2.05, 4.69) is 48.6 Å². The molecule has 0 radical (unpaired) electrons. The highest BCUT2D eigenvalue weighted by Gasteiger charge is 2.15. The summed E-state index contributed by atoms with van der Waals surface area (Å²) in [5.74, 6) is 0. The minimum atomic E-state index is 0.322. The first-order valence-corrected chi connectivity index (χ1v) is 4.88. The van der Waals surface area contributed by atoms with Gasteiger partial charge >= 0.3 is 0 Å². The predicted octanol–water partition coefficient (Wildman–Crippen LogP) is 2.50. The van der Waals surface area contributed by atoms with E-state index in [1.165, 1.54) is 13.0 Å². The summed E-state index contributed by atoms with van der Waals surface area (Å²) in [5, 5.41) is 1.10. The van der Waals surface area contributed by atoms with Gasteiger partial charge < -0.3 is 4.90 Å². The number of hydrogen-bond donors (Lipinski definition) is 0. The highest BCUT2D eigenvalue weighted by molar-refractivity contribution is 9.09. The third kappa shape index (κ3) is 4.29. The standard InChI is InChI=1S/C8H18BrN/c1-8(2,3)10(4)7-5-6-9/h5-7H2,1-4H3. The van der Waals surface area contributed by atoms with Crippen molar-refractivity contribution in [3.05, 3.63) is 0 Å². The monoisotopic (exact) mass is 207 g/mol. The second kappa shape index (κ2) is 4.35. The van der Waals surface area contributed by atoms with Gasteiger partial charge in [-0.1, -0.05) is 15.9 Å². The Morgan fingerprint density at radius 2 is 1.80 bits per heavy atom. The fraction of sp³-hybridized carbons (Fsp3) is 1.00. The fourth-order valence-corrected chi connectivity index (χ4v) is 0.883. The van der Waals surface area contributed by atoms with Gasteiger partial charge in [-0.3, -0.25) is 0 Å². The van der Waals surface area contributed by atoms with Crippen LogP contribution in [0.5, 0.6) is 0 Å². The van der Waals surface area contributed by atoms with Crippen molar-refractivity contribution in [2.75, 3.05) is 18.9 Å². The van der Waals surface area contributed by atoms with E-state index in [1.54, 1.807) is 0 Å². The van der Waals surface area contributed by atoms with Crippen molar-refractivity contribution in [2.45, 2.75) is 32.7 Å². The van der Waals surface area contributed by atoms with Gasteiger partial charge in [0.15, 0.2) is 0 Å². The number of rotatable bonds is 3. The van der Waals surface area contributed by atoms with Crippen molar-refractivity contribution in [2.24, 2.45) is 0 Å². The molecular formula is C8H18BrN. The largest absolute Gasteiger partial charge is 0.301 e. The second-order valence-corrected chi connectivity index (χ2v) is 4.43. The van der Waals surface area contributed by atoms with E-state index >= 15 is 0 Å². The van der Waals surface area contributed by atoms with Crippen LogP contribution < -0.4 is 0 Å². The summed E-state index contributed by atoms with van der Waals surface area (Å²) < 4.78 is 0. The molecule has 0 bridgehead atoms. The summed E-state index contributed by atoms with van der Waals surface area (Å²) in [5.41, 5.74) is 0.322. The third-order valence-electron chi connectivity index (χ3n) is 1.77. The van der Waals surface area contributed by atoms with Gasteiger partial charge in [0, 0.05) is 10.9 Å². The lowest BCUT2D eigenvalue weighted by atomic mass is 10.1. The molecule has 62 valence electrons. The Morgan fingerprint density at radius 1 is 1.30 bits per heavy atom. The number of alkyl halides is 1. The van der Waals surface area contributed by atoms with Crippen molar-refractivity contribution < 1.29 is 0 Å². The smallest absolute Gasteiger partial charge is 0.0122 e. The normalized spacial score (nSPS) is 12.6. The first-order chi connectivity index (χ1) is 4.48. The molecule has 1 nitrogen and oxygen atoms in total. The zero-order valence-electron chi connectivity index (χ0n) is 7.45. The van der Waals surface area contributed by atoms with Crippen LogP contribution in [-0.4, -0.2) is 29.4 Å². The van der Waals surface area contributed by atoms with E-state index < -0.39 is 0 Å². The summed E-state index contributed by atoms with van der Waals surface area (Å²) in [6.07, 6.45) is 1.23. The van der Waals surface area contributed by atoms with Crippen LogP contribution >= 0.6 is 15.9 Å². The van der Waals surface area contributed by atoms with Crippen LogP contribution in [0.4, 0.5) is 0 Å². The van der Waals surface area contributed by atoms with Crippen molar-refractivity contribution in [1.29, 1.82) is 0 Å². The second-order valence-electron chi connectivity index (χ2n) is 3.63. The topological polar surface area (TPSA) is 3.24 Å². The van der Waals surface area contributed by atoms with Crippen molar-refractivity contribution in [1.82, 2.24) is 4.90 Å². The lowest BCUT2D eigenvalue weighted by Gasteiger charge is -2.31. The van der Waals surface area contributed by atoms with Gasteiger partial charge in [-0.25, -0.2) is 0 Å². The molecule has 0 aromatic rings. The number of nitrogens with zero attached hydrogens (tertiary/aromatic N) is 1. The van der Waals surface area contributed by atoms with E-state index in [9.17, 15) is 0 Å².